The van der Waals surface area contributed by atoms with Crippen molar-refractivity contribution in [3.63, 3.8) is 0 Å². The summed E-state index contributed by atoms with van der Waals surface area (Å²) < 4.78 is 1.77. The zero-order valence-electron chi connectivity index (χ0n) is 10.1. The molecule has 0 aliphatic carbocycles. The lowest BCUT2D eigenvalue weighted by atomic mass is 10.1. The van der Waals surface area contributed by atoms with E-state index in [4.69, 9.17) is 5.73 Å². The highest BCUT2D eigenvalue weighted by atomic mass is 15.3. The fourth-order valence-corrected chi connectivity index (χ4v) is 1.89. The van der Waals surface area contributed by atoms with Gasteiger partial charge in [0.15, 0.2) is 11.5 Å². The molecule has 0 aliphatic rings. The van der Waals surface area contributed by atoms with Crippen LogP contribution in [-0.2, 0) is 0 Å². The van der Waals surface area contributed by atoms with Crippen LogP contribution in [0.3, 0.4) is 0 Å². The number of rotatable bonds is 2. The minimum absolute atomic E-state index is 0.00637. The van der Waals surface area contributed by atoms with Gasteiger partial charge in [-0.3, -0.25) is 0 Å². The van der Waals surface area contributed by atoms with Gasteiger partial charge in [-0.05, 0) is 24.6 Å². The third-order valence-electron chi connectivity index (χ3n) is 2.92. The van der Waals surface area contributed by atoms with E-state index in [0.717, 1.165) is 22.6 Å². The molecule has 0 spiro atoms. The summed E-state index contributed by atoms with van der Waals surface area (Å²) in [7, 11) is 0. The highest BCUT2D eigenvalue weighted by Gasteiger charge is 2.07. The maximum absolute atomic E-state index is 5.87. The lowest BCUT2D eigenvalue weighted by molar-refractivity contribution is 0.811. The first-order valence-corrected chi connectivity index (χ1v) is 5.91. The van der Waals surface area contributed by atoms with Crippen LogP contribution in [0.4, 0.5) is 0 Å². The summed E-state index contributed by atoms with van der Waals surface area (Å²) in [6.45, 7) is 1.96. The SMILES string of the molecule is CC(N)c1ccn2nc(-c3ccccc3)nc2c1. The number of hydrogen-bond donors (Lipinski definition) is 1. The molecule has 4 nitrogen and oxygen atoms in total. The molecule has 1 atom stereocenters. The van der Waals surface area contributed by atoms with Gasteiger partial charge in [0.05, 0.1) is 0 Å². The van der Waals surface area contributed by atoms with Crippen molar-refractivity contribution < 1.29 is 0 Å². The molecule has 1 unspecified atom stereocenters. The molecule has 0 radical (unpaired) electrons. The molecule has 0 aliphatic heterocycles. The van der Waals surface area contributed by atoms with E-state index in [1.54, 1.807) is 4.52 Å². The number of benzene rings is 1. The second-order valence-electron chi connectivity index (χ2n) is 4.35. The average molecular weight is 238 g/mol. The number of nitrogens with zero attached hydrogens (tertiary/aromatic N) is 3. The predicted molar refractivity (Wildman–Crippen MR) is 71.0 cm³/mol. The fourth-order valence-electron chi connectivity index (χ4n) is 1.89. The highest BCUT2D eigenvalue weighted by molar-refractivity contribution is 5.58. The number of hydrogen-bond acceptors (Lipinski definition) is 3. The molecular weight excluding hydrogens is 224 g/mol. The summed E-state index contributed by atoms with van der Waals surface area (Å²) in [5.41, 5.74) is 8.77. The summed E-state index contributed by atoms with van der Waals surface area (Å²) in [6.07, 6.45) is 1.90. The standard InChI is InChI=1S/C14H14N4/c1-10(15)12-7-8-18-13(9-12)16-14(17-18)11-5-3-2-4-6-11/h2-10H,15H2,1H3. The van der Waals surface area contributed by atoms with Crippen LogP contribution in [0.2, 0.25) is 0 Å². The molecular formula is C14H14N4. The number of nitrogens with two attached hydrogens (primary N) is 1. The predicted octanol–water partition coefficient (Wildman–Crippen LogP) is 2.42. The lowest BCUT2D eigenvalue weighted by Gasteiger charge is -2.03. The molecule has 0 fully saturated rings. The zero-order valence-corrected chi connectivity index (χ0v) is 10.1. The lowest BCUT2D eigenvalue weighted by Crippen LogP contribution is -2.05. The number of fused-ring (bicyclic) bond motifs is 1. The van der Waals surface area contributed by atoms with Gasteiger partial charge in [0.1, 0.15) is 0 Å². The Labute approximate surface area is 105 Å². The van der Waals surface area contributed by atoms with E-state index in [1.807, 2.05) is 55.6 Å². The van der Waals surface area contributed by atoms with E-state index in [0.29, 0.717) is 0 Å². The second-order valence-corrected chi connectivity index (χ2v) is 4.35. The molecule has 0 saturated carbocycles. The molecule has 2 aromatic heterocycles. The Bertz CT molecular complexity index is 671. The Morgan fingerprint density at radius 1 is 1.17 bits per heavy atom. The van der Waals surface area contributed by atoms with Crippen molar-refractivity contribution in [3.8, 4) is 11.4 Å². The molecule has 18 heavy (non-hydrogen) atoms. The van der Waals surface area contributed by atoms with E-state index in [2.05, 4.69) is 10.1 Å². The van der Waals surface area contributed by atoms with Gasteiger partial charge in [-0.2, -0.15) is 0 Å². The first-order chi connectivity index (χ1) is 8.74. The third-order valence-corrected chi connectivity index (χ3v) is 2.92. The molecule has 4 heteroatoms. The Kier molecular flexibility index (Phi) is 2.57. The zero-order chi connectivity index (χ0) is 12.5. The van der Waals surface area contributed by atoms with Crippen LogP contribution < -0.4 is 5.73 Å². The van der Waals surface area contributed by atoms with Crippen LogP contribution in [0.25, 0.3) is 17.0 Å². The highest BCUT2D eigenvalue weighted by Crippen LogP contribution is 2.17. The fraction of sp³-hybridized carbons (Fsp3) is 0.143. The van der Waals surface area contributed by atoms with Gasteiger partial charge in [0.2, 0.25) is 0 Å². The molecule has 0 amide bonds. The number of pyridine rings is 1. The van der Waals surface area contributed by atoms with Crippen LogP contribution in [0.15, 0.2) is 48.7 Å². The van der Waals surface area contributed by atoms with Crippen molar-refractivity contribution >= 4 is 5.65 Å². The third kappa shape index (κ3) is 1.87. The van der Waals surface area contributed by atoms with Gasteiger partial charge < -0.3 is 5.73 Å². The minimum Gasteiger partial charge on any atom is -0.324 e. The van der Waals surface area contributed by atoms with E-state index >= 15 is 0 Å². The topological polar surface area (TPSA) is 56.2 Å². The Morgan fingerprint density at radius 3 is 2.67 bits per heavy atom. The maximum atomic E-state index is 5.87. The van der Waals surface area contributed by atoms with Crippen molar-refractivity contribution in [2.75, 3.05) is 0 Å². The Hall–Kier alpha value is -2.20. The van der Waals surface area contributed by atoms with Crippen LogP contribution in [-0.4, -0.2) is 14.6 Å². The monoisotopic (exact) mass is 238 g/mol. The van der Waals surface area contributed by atoms with E-state index in [9.17, 15) is 0 Å². The molecule has 3 aromatic rings. The summed E-state index contributed by atoms with van der Waals surface area (Å²) >= 11 is 0. The molecule has 3 rings (SSSR count). The largest absolute Gasteiger partial charge is 0.324 e. The summed E-state index contributed by atoms with van der Waals surface area (Å²) in [4.78, 5) is 4.52. The van der Waals surface area contributed by atoms with Gasteiger partial charge in [-0.15, -0.1) is 5.10 Å². The van der Waals surface area contributed by atoms with E-state index in [-0.39, 0.29) is 6.04 Å². The maximum Gasteiger partial charge on any atom is 0.182 e. The van der Waals surface area contributed by atoms with Gasteiger partial charge in [-0.1, -0.05) is 30.3 Å². The van der Waals surface area contributed by atoms with Crippen molar-refractivity contribution in [1.29, 1.82) is 0 Å². The molecule has 90 valence electrons. The van der Waals surface area contributed by atoms with Gasteiger partial charge in [0, 0.05) is 17.8 Å². The Balaban J connectivity index is 2.11. The summed E-state index contributed by atoms with van der Waals surface area (Å²) in [5, 5.41) is 4.45. The molecule has 1 aromatic carbocycles. The van der Waals surface area contributed by atoms with Crippen LogP contribution in [0.5, 0.6) is 0 Å². The minimum atomic E-state index is 0.00637. The van der Waals surface area contributed by atoms with Gasteiger partial charge in [-0.25, -0.2) is 9.50 Å². The molecule has 2 N–H and O–H groups in total. The Morgan fingerprint density at radius 2 is 1.94 bits per heavy atom. The van der Waals surface area contributed by atoms with Crippen molar-refractivity contribution in [2.24, 2.45) is 5.73 Å². The normalized spacial score (nSPS) is 12.8. The second kappa shape index (κ2) is 4.23. The first-order valence-electron chi connectivity index (χ1n) is 5.91. The van der Waals surface area contributed by atoms with Crippen molar-refractivity contribution in [1.82, 2.24) is 14.6 Å². The molecule has 2 heterocycles. The van der Waals surface area contributed by atoms with Crippen molar-refractivity contribution in [2.45, 2.75) is 13.0 Å². The molecule has 0 saturated heterocycles. The van der Waals surface area contributed by atoms with Crippen molar-refractivity contribution in [3.05, 3.63) is 54.2 Å². The summed E-state index contributed by atoms with van der Waals surface area (Å²) in [6, 6.07) is 13.9. The average Bonchev–Trinajstić information content (AvgIpc) is 2.82. The van der Waals surface area contributed by atoms with Gasteiger partial charge >= 0.3 is 0 Å². The van der Waals surface area contributed by atoms with Crippen LogP contribution >= 0.6 is 0 Å². The van der Waals surface area contributed by atoms with E-state index in [1.165, 1.54) is 0 Å². The number of aromatic nitrogens is 3. The van der Waals surface area contributed by atoms with E-state index < -0.39 is 0 Å². The van der Waals surface area contributed by atoms with Crippen LogP contribution in [0, 0.1) is 0 Å². The van der Waals surface area contributed by atoms with Crippen LogP contribution in [0.1, 0.15) is 18.5 Å². The first kappa shape index (κ1) is 10.9. The van der Waals surface area contributed by atoms with Gasteiger partial charge in [0.25, 0.3) is 0 Å². The quantitative estimate of drug-likeness (QED) is 0.746. The molecule has 0 bridgehead atoms. The smallest absolute Gasteiger partial charge is 0.182 e. The summed E-state index contributed by atoms with van der Waals surface area (Å²) in [5.74, 6) is 0.734.